The van der Waals surface area contributed by atoms with E-state index in [1.165, 1.54) is 20.3 Å². The molecule has 6 nitrogen and oxygen atoms in total. The summed E-state index contributed by atoms with van der Waals surface area (Å²) in [5.74, 6) is 1.86. The average molecular weight is 406 g/mol. The Bertz CT molecular complexity index is 851. The monoisotopic (exact) mass is 405 g/mol. The molecule has 2 rings (SSSR count). The number of amides is 1. The van der Waals surface area contributed by atoms with Gasteiger partial charge in [0, 0.05) is 18.2 Å². The summed E-state index contributed by atoms with van der Waals surface area (Å²) in [6.45, 7) is 4.88. The van der Waals surface area contributed by atoms with Crippen LogP contribution >= 0.6 is 11.6 Å². The molecule has 0 aromatic heterocycles. The van der Waals surface area contributed by atoms with E-state index >= 15 is 0 Å². The lowest BCUT2D eigenvalue weighted by Crippen LogP contribution is -2.09. The average Bonchev–Trinajstić information content (AvgIpc) is 2.69. The van der Waals surface area contributed by atoms with Crippen molar-refractivity contribution >= 4 is 29.3 Å². The maximum atomic E-state index is 12.3. The van der Waals surface area contributed by atoms with E-state index in [0.29, 0.717) is 46.9 Å². The Kier molecular flexibility index (Phi) is 8.02. The molecule has 1 amide bonds. The van der Waals surface area contributed by atoms with E-state index in [2.05, 4.69) is 5.32 Å². The molecule has 0 spiro atoms. The van der Waals surface area contributed by atoms with Crippen molar-refractivity contribution in [1.82, 2.24) is 0 Å². The predicted molar refractivity (Wildman–Crippen MR) is 111 cm³/mol. The van der Waals surface area contributed by atoms with E-state index in [-0.39, 0.29) is 5.91 Å². The molecular weight excluding hydrogens is 382 g/mol. The maximum absolute atomic E-state index is 12.3. The van der Waals surface area contributed by atoms with Crippen molar-refractivity contribution in [2.24, 2.45) is 0 Å². The van der Waals surface area contributed by atoms with Crippen molar-refractivity contribution in [3.8, 4) is 23.0 Å². The Hall–Kier alpha value is -2.86. The van der Waals surface area contributed by atoms with Crippen LogP contribution in [0, 0.1) is 0 Å². The number of halogens is 1. The van der Waals surface area contributed by atoms with Gasteiger partial charge in [-0.2, -0.15) is 0 Å². The third-order valence-electron chi connectivity index (χ3n) is 3.73. The van der Waals surface area contributed by atoms with Crippen molar-refractivity contribution in [1.29, 1.82) is 0 Å². The van der Waals surface area contributed by atoms with Gasteiger partial charge in [-0.15, -0.1) is 0 Å². The van der Waals surface area contributed by atoms with E-state index in [1.54, 1.807) is 18.2 Å². The van der Waals surface area contributed by atoms with E-state index < -0.39 is 0 Å². The first-order chi connectivity index (χ1) is 13.5. The van der Waals surface area contributed by atoms with Crippen LogP contribution in [0.3, 0.4) is 0 Å². The summed E-state index contributed by atoms with van der Waals surface area (Å²) in [4.78, 5) is 12.3. The Morgan fingerprint density at radius 2 is 1.64 bits per heavy atom. The Balaban J connectivity index is 2.17. The van der Waals surface area contributed by atoms with Crippen molar-refractivity contribution < 1.29 is 23.7 Å². The zero-order valence-electron chi connectivity index (χ0n) is 16.4. The number of nitrogens with one attached hydrogen (secondary N) is 1. The lowest BCUT2D eigenvalue weighted by molar-refractivity contribution is -0.111. The maximum Gasteiger partial charge on any atom is 0.248 e. The minimum Gasteiger partial charge on any atom is -0.495 e. The van der Waals surface area contributed by atoms with Gasteiger partial charge in [-0.3, -0.25) is 4.79 Å². The van der Waals surface area contributed by atoms with Gasteiger partial charge in [0.05, 0.1) is 38.1 Å². The van der Waals surface area contributed by atoms with Crippen LogP contribution in [-0.4, -0.2) is 33.3 Å². The Morgan fingerprint density at radius 1 is 0.964 bits per heavy atom. The lowest BCUT2D eigenvalue weighted by Gasteiger charge is -2.12. The zero-order valence-corrected chi connectivity index (χ0v) is 17.1. The summed E-state index contributed by atoms with van der Waals surface area (Å²) in [5.41, 5.74) is 1.27. The Morgan fingerprint density at radius 3 is 2.29 bits per heavy atom. The summed E-state index contributed by atoms with van der Waals surface area (Å²) in [6, 6.07) is 8.68. The summed E-state index contributed by atoms with van der Waals surface area (Å²) in [7, 11) is 3.00. The molecule has 0 atom stereocenters. The smallest absolute Gasteiger partial charge is 0.248 e. The van der Waals surface area contributed by atoms with Crippen LogP contribution in [0.1, 0.15) is 19.4 Å². The first-order valence-corrected chi connectivity index (χ1v) is 9.20. The summed E-state index contributed by atoms with van der Waals surface area (Å²) >= 11 is 6.08. The third-order valence-corrected chi connectivity index (χ3v) is 4.02. The molecule has 0 radical (unpaired) electrons. The largest absolute Gasteiger partial charge is 0.495 e. The highest BCUT2D eigenvalue weighted by atomic mass is 35.5. The van der Waals surface area contributed by atoms with Crippen molar-refractivity contribution in [3.63, 3.8) is 0 Å². The summed E-state index contributed by atoms with van der Waals surface area (Å²) in [6.07, 6.45) is 3.11. The van der Waals surface area contributed by atoms with Crippen LogP contribution in [0.5, 0.6) is 23.0 Å². The molecule has 28 heavy (non-hydrogen) atoms. The van der Waals surface area contributed by atoms with Crippen LogP contribution in [0.25, 0.3) is 6.08 Å². The number of methoxy groups -OCH3 is 2. The molecule has 0 saturated heterocycles. The van der Waals surface area contributed by atoms with Crippen molar-refractivity contribution in [2.75, 3.05) is 32.8 Å². The molecule has 0 aliphatic carbocycles. The number of anilines is 1. The molecule has 0 unspecified atom stereocenters. The van der Waals surface area contributed by atoms with Crippen LogP contribution < -0.4 is 24.3 Å². The van der Waals surface area contributed by atoms with Gasteiger partial charge in [-0.25, -0.2) is 0 Å². The van der Waals surface area contributed by atoms with E-state index in [1.807, 2.05) is 32.0 Å². The van der Waals surface area contributed by atoms with Crippen molar-refractivity contribution in [3.05, 3.63) is 47.0 Å². The topological polar surface area (TPSA) is 66.0 Å². The van der Waals surface area contributed by atoms with Crippen LogP contribution in [0.15, 0.2) is 36.4 Å². The lowest BCUT2D eigenvalue weighted by atomic mass is 10.2. The molecule has 0 heterocycles. The minimum absolute atomic E-state index is 0.325. The fraction of sp³-hybridized carbons (Fsp3) is 0.286. The van der Waals surface area contributed by atoms with Gasteiger partial charge in [0.2, 0.25) is 5.91 Å². The molecule has 0 saturated carbocycles. The fourth-order valence-corrected chi connectivity index (χ4v) is 2.71. The van der Waals surface area contributed by atoms with Gasteiger partial charge in [-0.1, -0.05) is 17.7 Å². The van der Waals surface area contributed by atoms with Crippen LogP contribution in [0.2, 0.25) is 5.02 Å². The predicted octanol–water partition coefficient (Wildman–Crippen LogP) is 4.81. The first-order valence-electron chi connectivity index (χ1n) is 8.82. The molecular formula is C21H24ClNO5. The van der Waals surface area contributed by atoms with E-state index in [4.69, 9.17) is 30.5 Å². The fourth-order valence-electron chi connectivity index (χ4n) is 2.48. The molecule has 1 N–H and O–H groups in total. The second kappa shape index (κ2) is 10.5. The summed E-state index contributed by atoms with van der Waals surface area (Å²) in [5, 5.41) is 3.15. The molecule has 2 aromatic rings. The zero-order chi connectivity index (χ0) is 20.5. The Labute approximate surface area is 170 Å². The number of carbonyl (C=O) groups is 1. The first kappa shape index (κ1) is 21.4. The van der Waals surface area contributed by atoms with Crippen LogP contribution in [-0.2, 0) is 4.79 Å². The van der Waals surface area contributed by atoms with Crippen molar-refractivity contribution in [2.45, 2.75) is 13.8 Å². The van der Waals surface area contributed by atoms with E-state index in [0.717, 1.165) is 5.56 Å². The number of benzene rings is 2. The minimum atomic E-state index is -0.325. The molecule has 2 aromatic carbocycles. The normalized spacial score (nSPS) is 10.6. The molecule has 7 heteroatoms. The highest BCUT2D eigenvalue weighted by Gasteiger charge is 2.11. The molecule has 150 valence electrons. The van der Waals surface area contributed by atoms with E-state index in [9.17, 15) is 4.79 Å². The second-order valence-corrected chi connectivity index (χ2v) is 5.99. The highest BCUT2D eigenvalue weighted by Crippen LogP contribution is 2.36. The number of rotatable bonds is 9. The molecule has 0 aliphatic heterocycles. The van der Waals surface area contributed by atoms with Gasteiger partial charge >= 0.3 is 0 Å². The number of carbonyl (C=O) groups excluding carboxylic acids is 1. The molecule has 0 aliphatic rings. The molecule has 0 bridgehead atoms. The molecule has 0 fully saturated rings. The quantitative estimate of drug-likeness (QED) is 0.606. The SMILES string of the molecule is CCOc1ccc(/C=C/C(=O)Nc2cc(OC)c(Cl)cc2OC)cc1OCC. The number of ether oxygens (including phenoxy) is 4. The van der Waals surface area contributed by atoms with Gasteiger partial charge in [0.15, 0.2) is 11.5 Å². The highest BCUT2D eigenvalue weighted by molar-refractivity contribution is 6.32. The van der Waals surface area contributed by atoms with Gasteiger partial charge < -0.3 is 24.3 Å². The second-order valence-electron chi connectivity index (χ2n) is 5.58. The standard InChI is InChI=1S/C21H24ClNO5/c1-5-27-17-9-7-14(11-20(17)28-6-2)8-10-21(24)23-16-13-18(25-3)15(22)12-19(16)26-4/h7-13H,5-6H2,1-4H3,(H,23,24)/b10-8+. The van der Waals surface area contributed by atoms with Gasteiger partial charge in [0.25, 0.3) is 0 Å². The van der Waals surface area contributed by atoms with Crippen LogP contribution in [0.4, 0.5) is 5.69 Å². The number of hydrogen-bond donors (Lipinski definition) is 1. The summed E-state index contributed by atoms with van der Waals surface area (Å²) < 4.78 is 21.6. The third kappa shape index (κ3) is 5.57. The number of hydrogen-bond acceptors (Lipinski definition) is 5. The van der Waals surface area contributed by atoms with Gasteiger partial charge in [-0.05, 0) is 37.6 Å². The van der Waals surface area contributed by atoms with Gasteiger partial charge in [0.1, 0.15) is 11.5 Å².